The zero-order valence-corrected chi connectivity index (χ0v) is 13.4. The lowest BCUT2D eigenvalue weighted by molar-refractivity contribution is 0.122. The molecule has 6 heteroatoms. The van der Waals surface area contributed by atoms with Crippen molar-refractivity contribution in [2.45, 2.75) is 17.6 Å². The SMILES string of the molecule is Cc1nc(C[S@](=O)c2ccccc2)cc(N2CCOCC2)n1. The molecule has 1 aliphatic heterocycles. The summed E-state index contributed by atoms with van der Waals surface area (Å²) in [7, 11) is -1.09. The monoisotopic (exact) mass is 317 g/mol. The number of hydrogen-bond acceptors (Lipinski definition) is 5. The minimum absolute atomic E-state index is 0.407. The van der Waals surface area contributed by atoms with E-state index in [0.29, 0.717) is 24.8 Å². The fourth-order valence-corrected chi connectivity index (χ4v) is 3.47. The zero-order valence-electron chi connectivity index (χ0n) is 12.6. The predicted octanol–water partition coefficient (Wildman–Crippen LogP) is 1.93. The number of morpholine rings is 1. The van der Waals surface area contributed by atoms with E-state index in [1.807, 2.05) is 43.3 Å². The van der Waals surface area contributed by atoms with E-state index in [1.165, 1.54) is 0 Å². The van der Waals surface area contributed by atoms with Gasteiger partial charge in [0.25, 0.3) is 0 Å². The largest absolute Gasteiger partial charge is 0.378 e. The Morgan fingerprint density at radius 1 is 1.18 bits per heavy atom. The van der Waals surface area contributed by atoms with E-state index in [4.69, 9.17) is 4.74 Å². The third-order valence-electron chi connectivity index (χ3n) is 3.50. The molecule has 1 fully saturated rings. The van der Waals surface area contributed by atoms with Gasteiger partial charge in [0.1, 0.15) is 11.6 Å². The smallest absolute Gasteiger partial charge is 0.132 e. The van der Waals surface area contributed by atoms with Gasteiger partial charge in [0.2, 0.25) is 0 Å². The Kier molecular flexibility index (Phi) is 4.80. The second-order valence-corrected chi connectivity index (χ2v) is 6.62. The predicted molar refractivity (Wildman–Crippen MR) is 86.4 cm³/mol. The lowest BCUT2D eigenvalue weighted by Crippen LogP contribution is -2.37. The van der Waals surface area contributed by atoms with Crippen LogP contribution in [0, 0.1) is 6.92 Å². The average Bonchev–Trinajstić information content (AvgIpc) is 2.56. The molecule has 3 rings (SSSR count). The topological polar surface area (TPSA) is 55.3 Å². The highest BCUT2D eigenvalue weighted by molar-refractivity contribution is 7.84. The molecule has 0 radical (unpaired) electrons. The van der Waals surface area contributed by atoms with Gasteiger partial charge >= 0.3 is 0 Å². The van der Waals surface area contributed by atoms with Crippen LogP contribution in [-0.4, -0.2) is 40.5 Å². The average molecular weight is 317 g/mol. The lowest BCUT2D eigenvalue weighted by Gasteiger charge is -2.28. The van der Waals surface area contributed by atoms with E-state index in [-0.39, 0.29) is 0 Å². The van der Waals surface area contributed by atoms with Crippen molar-refractivity contribution < 1.29 is 8.95 Å². The summed E-state index contributed by atoms with van der Waals surface area (Å²) >= 11 is 0. The van der Waals surface area contributed by atoms with Crippen LogP contribution in [0.15, 0.2) is 41.3 Å². The van der Waals surface area contributed by atoms with Crippen molar-refractivity contribution in [1.29, 1.82) is 0 Å². The van der Waals surface area contributed by atoms with Crippen LogP contribution in [0.4, 0.5) is 5.82 Å². The Hall–Kier alpha value is -1.79. The van der Waals surface area contributed by atoms with Gasteiger partial charge in [-0.2, -0.15) is 0 Å². The lowest BCUT2D eigenvalue weighted by atomic mass is 10.3. The van der Waals surface area contributed by atoms with Crippen molar-refractivity contribution in [3.63, 3.8) is 0 Å². The standard InChI is InChI=1S/C16H19N3O2S/c1-13-17-14(12-22(20)15-5-3-2-4-6-15)11-16(18-13)19-7-9-21-10-8-19/h2-6,11H,7-10,12H2,1H3/t22-/m0/s1. The van der Waals surface area contributed by atoms with Crippen LogP contribution in [0.25, 0.3) is 0 Å². The van der Waals surface area contributed by atoms with Crippen LogP contribution in [0.3, 0.4) is 0 Å². The van der Waals surface area contributed by atoms with Crippen molar-refractivity contribution >= 4 is 16.6 Å². The second-order valence-electron chi connectivity index (χ2n) is 5.17. The molecule has 1 aromatic heterocycles. The van der Waals surface area contributed by atoms with Crippen LogP contribution in [0.5, 0.6) is 0 Å². The van der Waals surface area contributed by atoms with E-state index in [9.17, 15) is 4.21 Å². The number of aromatic nitrogens is 2. The van der Waals surface area contributed by atoms with Crippen molar-refractivity contribution in [2.24, 2.45) is 0 Å². The molecular formula is C16H19N3O2S. The first-order valence-corrected chi connectivity index (χ1v) is 8.65. The first-order valence-electron chi connectivity index (χ1n) is 7.33. The zero-order chi connectivity index (χ0) is 15.4. The molecule has 0 saturated carbocycles. The highest BCUT2D eigenvalue weighted by Crippen LogP contribution is 2.17. The Balaban J connectivity index is 1.79. The molecular weight excluding hydrogens is 298 g/mol. The molecule has 0 unspecified atom stereocenters. The van der Waals surface area contributed by atoms with Gasteiger partial charge in [-0.15, -0.1) is 0 Å². The summed E-state index contributed by atoms with van der Waals surface area (Å²) in [5, 5.41) is 0. The summed E-state index contributed by atoms with van der Waals surface area (Å²) in [5.41, 5.74) is 0.816. The molecule has 2 heterocycles. The highest BCUT2D eigenvalue weighted by Gasteiger charge is 2.15. The number of aryl methyl sites for hydroxylation is 1. The minimum Gasteiger partial charge on any atom is -0.378 e. The Labute approximate surface area is 132 Å². The number of benzene rings is 1. The van der Waals surface area contributed by atoms with Crippen molar-refractivity contribution in [2.75, 3.05) is 31.2 Å². The van der Waals surface area contributed by atoms with E-state index in [0.717, 1.165) is 29.5 Å². The van der Waals surface area contributed by atoms with Gasteiger partial charge < -0.3 is 9.64 Å². The van der Waals surface area contributed by atoms with Crippen LogP contribution < -0.4 is 4.90 Å². The van der Waals surface area contributed by atoms with Crippen LogP contribution in [-0.2, 0) is 21.3 Å². The molecule has 5 nitrogen and oxygen atoms in total. The number of ether oxygens (including phenoxy) is 1. The van der Waals surface area contributed by atoms with Gasteiger partial charge in [-0.25, -0.2) is 9.97 Å². The molecule has 1 aromatic carbocycles. The Morgan fingerprint density at radius 2 is 1.91 bits per heavy atom. The normalized spacial score (nSPS) is 16.5. The Morgan fingerprint density at radius 3 is 2.64 bits per heavy atom. The van der Waals surface area contributed by atoms with Crippen LogP contribution >= 0.6 is 0 Å². The van der Waals surface area contributed by atoms with Gasteiger partial charge in [-0.05, 0) is 19.1 Å². The summed E-state index contributed by atoms with van der Waals surface area (Å²) in [6.45, 7) is 4.97. The summed E-state index contributed by atoms with van der Waals surface area (Å²) < 4.78 is 17.8. The number of anilines is 1. The van der Waals surface area contributed by atoms with Crippen molar-refractivity contribution in [3.8, 4) is 0 Å². The summed E-state index contributed by atoms with van der Waals surface area (Å²) in [6, 6.07) is 11.4. The summed E-state index contributed by atoms with van der Waals surface area (Å²) in [5.74, 6) is 2.02. The summed E-state index contributed by atoms with van der Waals surface area (Å²) in [6.07, 6.45) is 0. The number of rotatable bonds is 4. The molecule has 1 saturated heterocycles. The van der Waals surface area contributed by atoms with E-state index >= 15 is 0 Å². The van der Waals surface area contributed by atoms with Gasteiger partial charge in [0, 0.05) is 24.1 Å². The van der Waals surface area contributed by atoms with E-state index < -0.39 is 10.8 Å². The van der Waals surface area contributed by atoms with Gasteiger partial charge in [0.05, 0.1) is 35.5 Å². The van der Waals surface area contributed by atoms with Crippen LogP contribution in [0.2, 0.25) is 0 Å². The van der Waals surface area contributed by atoms with Gasteiger partial charge in [-0.1, -0.05) is 18.2 Å². The van der Waals surface area contributed by atoms with Crippen molar-refractivity contribution in [1.82, 2.24) is 9.97 Å². The molecule has 1 aliphatic rings. The number of hydrogen-bond donors (Lipinski definition) is 0. The van der Waals surface area contributed by atoms with Gasteiger partial charge in [-0.3, -0.25) is 4.21 Å². The Bertz CT molecular complexity index is 658. The van der Waals surface area contributed by atoms with Gasteiger partial charge in [0.15, 0.2) is 0 Å². The molecule has 0 spiro atoms. The maximum Gasteiger partial charge on any atom is 0.132 e. The molecule has 22 heavy (non-hydrogen) atoms. The van der Waals surface area contributed by atoms with Crippen LogP contribution in [0.1, 0.15) is 11.5 Å². The first-order chi connectivity index (χ1) is 10.7. The minimum atomic E-state index is -1.09. The fourth-order valence-electron chi connectivity index (χ4n) is 2.43. The second kappa shape index (κ2) is 6.98. The molecule has 116 valence electrons. The third-order valence-corrected chi connectivity index (χ3v) is 4.85. The maximum absolute atomic E-state index is 12.4. The fraction of sp³-hybridized carbons (Fsp3) is 0.375. The van der Waals surface area contributed by atoms with E-state index in [2.05, 4.69) is 14.9 Å². The number of nitrogens with zero attached hydrogens (tertiary/aromatic N) is 3. The molecule has 0 bridgehead atoms. The summed E-state index contributed by atoms with van der Waals surface area (Å²) in [4.78, 5) is 11.9. The molecule has 1 atom stereocenters. The molecule has 0 N–H and O–H groups in total. The maximum atomic E-state index is 12.4. The van der Waals surface area contributed by atoms with Crippen molar-refractivity contribution in [3.05, 3.63) is 47.9 Å². The molecule has 0 aliphatic carbocycles. The van der Waals surface area contributed by atoms with E-state index in [1.54, 1.807) is 0 Å². The molecule has 0 amide bonds. The first kappa shape index (κ1) is 15.1. The quantitative estimate of drug-likeness (QED) is 0.862. The highest BCUT2D eigenvalue weighted by atomic mass is 32.2. The molecule has 2 aromatic rings. The third kappa shape index (κ3) is 3.69.